The van der Waals surface area contributed by atoms with Crippen LogP contribution in [0, 0.1) is 11.8 Å². The van der Waals surface area contributed by atoms with Crippen LogP contribution < -0.4 is 15.5 Å². The van der Waals surface area contributed by atoms with Crippen molar-refractivity contribution in [3.63, 3.8) is 0 Å². The lowest BCUT2D eigenvalue weighted by Crippen LogP contribution is -2.51. The van der Waals surface area contributed by atoms with Crippen molar-refractivity contribution in [2.24, 2.45) is 11.8 Å². The highest BCUT2D eigenvalue weighted by atomic mass is 32.3. The van der Waals surface area contributed by atoms with E-state index in [0.717, 1.165) is 47.2 Å². The summed E-state index contributed by atoms with van der Waals surface area (Å²) in [6, 6.07) is 21.6. The molecule has 71 heavy (non-hydrogen) atoms. The fourth-order valence-electron chi connectivity index (χ4n) is 10.4. The van der Waals surface area contributed by atoms with Crippen molar-refractivity contribution in [1.29, 1.82) is 0 Å². The van der Waals surface area contributed by atoms with Crippen molar-refractivity contribution in [1.82, 2.24) is 40.4 Å². The van der Waals surface area contributed by atoms with Crippen LogP contribution in [0.5, 0.6) is 0 Å². The molecular weight excluding hydrogens is 923 g/mol. The molecule has 2 unspecified atom stereocenters. The molecule has 0 radical (unpaired) electrons. The Morgan fingerprint density at radius 3 is 1.51 bits per heavy atom. The maximum Gasteiger partial charge on any atom is 0.407 e. The lowest BCUT2D eigenvalue weighted by Gasteiger charge is -2.52. The Hall–Kier alpha value is -6.37. The van der Waals surface area contributed by atoms with Crippen molar-refractivity contribution >= 4 is 40.3 Å². The third kappa shape index (κ3) is 11.1. The Morgan fingerprint density at radius 2 is 1.11 bits per heavy atom. The van der Waals surface area contributed by atoms with Crippen LogP contribution in [-0.2, 0) is 19.7 Å². The van der Waals surface area contributed by atoms with Gasteiger partial charge in [-0.3, -0.25) is 18.7 Å². The second-order valence-electron chi connectivity index (χ2n) is 20.9. The number of anilines is 1. The van der Waals surface area contributed by atoms with E-state index in [-0.39, 0.29) is 52.7 Å². The molecule has 17 nitrogen and oxygen atoms in total. The highest BCUT2D eigenvalue weighted by Crippen LogP contribution is 2.55. The van der Waals surface area contributed by atoms with Crippen molar-refractivity contribution in [2.75, 3.05) is 36.6 Å². The average Bonchev–Trinajstić information content (AvgIpc) is 4.19. The van der Waals surface area contributed by atoms with Crippen molar-refractivity contribution in [3.8, 4) is 22.5 Å². The number of methoxy groups -OCH3 is 1. The Labute approximate surface area is 417 Å². The molecule has 3 fully saturated rings. The number of H-pyrrole nitrogens is 2. The molecule has 0 spiro atoms. The molecule has 18 heteroatoms. The van der Waals surface area contributed by atoms with Crippen molar-refractivity contribution in [2.45, 2.75) is 116 Å². The molecular formula is C53H69N9O8S. The van der Waals surface area contributed by atoms with Crippen LogP contribution in [0.2, 0.25) is 0 Å². The molecule has 3 aliphatic heterocycles. The molecule has 3 saturated heterocycles. The molecule has 4 amide bonds. The standard InChI is InChI=1S/C53H69N9O8S/c1-31(2)45(58-51(65)66)49(63)60-25-9-11-41(60)47-54-27-39(56-47)33-13-17-35(18-14-33)43-29-71(68,69)30-44(62(43)38-23-21-37(22-24-38)53(5,6)7)36-19-15-34(16-20-36)40-28-55-48(57-40)42-12-10-26-61(42)50(64)46(32(3)4)59-52(67)70-8/h13-24,27-28,31-32,41-46,58,68-69H,9-12,25-26,29-30H2,1-8H3,(H,54,56)(H,55,57)(H,59,67)(H,65,66)/t41-,42-,43?,44?,45-,46-/m0/s1. The number of hydrogen-bond donors (Lipinski definition) is 7. The number of nitrogens with one attached hydrogen (secondary N) is 4. The molecule has 5 aromatic rings. The molecule has 0 bridgehead atoms. The number of carbonyl (C=O) groups excluding carboxylic acids is 3. The zero-order valence-electron chi connectivity index (χ0n) is 41.9. The quantitative estimate of drug-likeness (QED) is 0.0587. The van der Waals surface area contributed by atoms with Gasteiger partial charge in [-0.2, -0.15) is 10.6 Å². The van der Waals surface area contributed by atoms with Crippen LogP contribution in [0.15, 0.2) is 85.2 Å². The Balaban J connectivity index is 1.05. The number of hydrogen-bond acceptors (Lipinski definition) is 10. The molecule has 8 rings (SSSR count). The van der Waals surface area contributed by atoms with Gasteiger partial charge < -0.3 is 45.1 Å². The van der Waals surface area contributed by atoms with Crippen LogP contribution >= 0.6 is 10.6 Å². The first-order valence-electron chi connectivity index (χ1n) is 24.6. The highest BCUT2D eigenvalue weighted by molar-refractivity contribution is 8.24. The van der Waals surface area contributed by atoms with Gasteiger partial charge in [0.25, 0.3) is 0 Å². The predicted octanol–water partition coefficient (Wildman–Crippen LogP) is 9.82. The molecule has 5 heterocycles. The van der Waals surface area contributed by atoms with E-state index in [1.54, 1.807) is 9.80 Å². The summed E-state index contributed by atoms with van der Waals surface area (Å²) in [7, 11) is -1.78. The van der Waals surface area contributed by atoms with E-state index < -0.39 is 46.9 Å². The fourth-order valence-corrected chi connectivity index (χ4v) is 12.2. The van der Waals surface area contributed by atoms with Gasteiger partial charge in [0.05, 0.1) is 54.2 Å². The van der Waals surface area contributed by atoms with E-state index in [2.05, 4.69) is 70.5 Å². The number of carbonyl (C=O) groups is 4. The van der Waals surface area contributed by atoms with Gasteiger partial charge in [-0.15, -0.1) is 0 Å². The third-order valence-electron chi connectivity index (χ3n) is 14.2. The van der Waals surface area contributed by atoms with Crippen LogP contribution in [0.25, 0.3) is 22.5 Å². The topological polar surface area (TPSA) is 229 Å². The zero-order chi connectivity index (χ0) is 50.9. The van der Waals surface area contributed by atoms with Gasteiger partial charge in [-0.05, 0) is 71.8 Å². The summed E-state index contributed by atoms with van der Waals surface area (Å²) in [6.07, 6.45) is 4.79. The maximum atomic E-state index is 13.8. The first-order chi connectivity index (χ1) is 33.7. The Morgan fingerprint density at radius 1 is 0.676 bits per heavy atom. The molecule has 0 aliphatic carbocycles. The first-order valence-corrected chi connectivity index (χ1v) is 26.5. The van der Waals surface area contributed by atoms with E-state index in [9.17, 15) is 33.4 Å². The largest absolute Gasteiger partial charge is 0.465 e. The van der Waals surface area contributed by atoms with E-state index in [0.29, 0.717) is 42.5 Å². The number of alkyl carbamates (subject to hydrolysis) is 1. The van der Waals surface area contributed by atoms with Crippen molar-refractivity contribution in [3.05, 3.63) is 114 Å². The van der Waals surface area contributed by atoms with Gasteiger partial charge in [0.2, 0.25) is 11.8 Å². The van der Waals surface area contributed by atoms with Gasteiger partial charge in [0, 0.05) is 42.3 Å². The second kappa shape index (κ2) is 20.8. The molecule has 380 valence electrons. The maximum absolute atomic E-state index is 13.8. The normalized spacial score (nSPS) is 21.5. The fraction of sp³-hybridized carbons (Fsp3) is 0.472. The summed E-state index contributed by atoms with van der Waals surface area (Å²) < 4.78 is 28.3. The van der Waals surface area contributed by atoms with Crippen LogP contribution in [0.4, 0.5) is 15.3 Å². The number of carboxylic acid groups (broad SMARTS) is 1. The molecule has 0 saturated carbocycles. The van der Waals surface area contributed by atoms with Gasteiger partial charge >= 0.3 is 12.2 Å². The number of imidazole rings is 2. The second-order valence-corrected chi connectivity index (χ2v) is 23.1. The smallest absolute Gasteiger partial charge is 0.407 e. The lowest BCUT2D eigenvalue weighted by atomic mass is 9.87. The van der Waals surface area contributed by atoms with E-state index in [1.807, 2.05) is 88.6 Å². The molecule has 7 N–H and O–H groups in total. The Kier molecular flexibility index (Phi) is 14.9. The summed E-state index contributed by atoms with van der Waals surface area (Å²) in [5, 5.41) is 14.5. The average molecular weight is 992 g/mol. The molecule has 3 aromatic carbocycles. The van der Waals surface area contributed by atoms with Gasteiger partial charge in [-0.1, -0.05) is 109 Å². The number of ether oxygens (including phenoxy) is 1. The van der Waals surface area contributed by atoms with Gasteiger partial charge in [0.15, 0.2) is 0 Å². The van der Waals surface area contributed by atoms with E-state index in [1.165, 1.54) is 12.7 Å². The minimum atomic E-state index is -3.06. The van der Waals surface area contributed by atoms with Crippen LogP contribution in [-0.4, -0.2) is 112 Å². The predicted molar refractivity (Wildman–Crippen MR) is 275 cm³/mol. The number of amides is 4. The summed E-state index contributed by atoms with van der Waals surface area (Å²) in [5.74, 6) is 0.773. The SMILES string of the molecule is COC(=O)N[C@H](C(=O)N1CCC[C@H]1c1nc(-c2ccc(C3CS(O)(O)CC(c4ccc(-c5c[nH]c([C@@H]6CCCN6C(=O)[C@@H](NC(=O)O)C(C)C)n5)cc4)N3c3ccc(C(C)(C)C)cc3)cc2)c[nH]1)C(C)C. The number of likely N-dealkylation sites (tertiary alicyclic amines) is 2. The summed E-state index contributed by atoms with van der Waals surface area (Å²) in [5.41, 5.74) is 7.01. The summed E-state index contributed by atoms with van der Waals surface area (Å²) in [4.78, 5) is 73.4. The molecule has 6 atom stereocenters. The third-order valence-corrected chi connectivity index (χ3v) is 15.9. The first kappa shape index (κ1) is 51.0. The van der Waals surface area contributed by atoms with Gasteiger partial charge in [-0.25, -0.2) is 19.6 Å². The summed E-state index contributed by atoms with van der Waals surface area (Å²) in [6.45, 7) is 15.0. The zero-order valence-corrected chi connectivity index (χ0v) is 42.7. The van der Waals surface area contributed by atoms with E-state index in [4.69, 9.17) is 14.7 Å². The number of benzene rings is 3. The molecule has 3 aliphatic rings. The molecule has 2 aromatic heterocycles. The van der Waals surface area contributed by atoms with Crippen molar-refractivity contribution < 1.29 is 38.1 Å². The van der Waals surface area contributed by atoms with Crippen LogP contribution in [0.1, 0.15) is 127 Å². The Bertz CT molecular complexity index is 2680. The number of rotatable bonds is 13. The lowest BCUT2D eigenvalue weighted by molar-refractivity contribution is -0.136. The number of aromatic amines is 2. The van der Waals surface area contributed by atoms with Crippen LogP contribution in [0.3, 0.4) is 0 Å². The number of nitrogens with zero attached hydrogens (tertiary/aromatic N) is 5. The highest BCUT2D eigenvalue weighted by Gasteiger charge is 2.42. The number of aromatic nitrogens is 4. The minimum absolute atomic E-state index is 0.0674. The van der Waals surface area contributed by atoms with E-state index >= 15 is 0 Å². The monoisotopic (exact) mass is 991 g/mol. The van der Waals surface area contributed by atoms with Gasteiger partial charge in [0.1, 0.15) is 23.7 Å². The summed E-state index contributed by atoms with van der Waals surface area (Å²) >= 11 is 0. The minimum Gasteiger partial charge on any atom is -0.465 e.